The van der Waals surface area contributed by atoms with Gasteiger partial charge in [0.05, 0.1) is 10.6 Å². The Morgan fingerprint density at radius 2 is 1.72 bits per heavy atom. The minimum absolute atomic E-state index is 0.186. The predicted molar refractivity (Wildman–Crippen MR) is 75.6 cm³/mol. The maximum Gasteiger partial charge on any atom is 0.259 e. The first-order chi connectivity index (χ1) is 8.59. The van der Waals surface area contributed by atoms with Crippen LogP contribution in [0.5, 0.6) is 0 Å². The lowest BCUT2D eigenvalue weighted by molar-refractivity contribution is 0.0993. The molecule has 18 heavy (non-hydrogen) atoms. The third-order valence-corrected chi connectivity index (χ3v) is 3.17. The Morgan fingerprint density at radius 1 is 1.06 bits per heavy atom. The van der Waals surface area contributed by atoms with Crippen molar-refractivity contribution in [2.75, 3.05) is 11.9 Å². The van der Waals surface area contributed by atoms with E-state index in [-0.39, 0.29) is 5.91 Å². The molecule has 0 aliphatic rings. The third kappa shape index (κ3) is 2.66. The fourth-order valence-corrected chi connectivity index (χ4v) is 1.98. The number of amides is 1. The third-order valence-electron chi connectivity index (χ3n) is 2.61. The number of rotatable bonds is 2. The van der Waals surface area contributed by atoms with Gasteiger partial charge in [0, 0.05) is 17.8 Å². The zero-order valence-electron chi connectivity index (χ0n) is 9.73. The van der Waals surface area contributed by atoms with Crippen molar-refractivity contribution < 1.29 is 4.79 Å². The molecule has 2 rings (SSSR count). The van der Waals surface area contributed by atoms with Crippen molar-refractivity contribution in [3.8, 4) is 0 Å². The smallest absolute Gasteiger partial charge is 0.259 e. The molecule has 1 amide bonds. The summed E-state index contributed by atoms with van der Waals surface area (Å²) in [5.74, 6) is -0.186. The minimum Gasteiger partial charge on any atom is -0.311 e. The number of carbonyl (C=O) groups excluding carboxylic acids is 1. The number of halogens is 2. The zero-order valence-corrected chi connectivity index (χ0v) is 11.2. The van der Waals surface area contributed by atoms with Crippen LogP contribution in [0.4, 0.5) is 5.69 Å². The fraction of sp³-hybridized carbons (Fsp3) is 0.0714. The number of para-hydroxylation sites is 1. The molecular formula is C14H11Cl2NO. The number of benzene rings is 2. The zero-order chi connectivity index (χ0) is 13.1. The highest BCUT2D eigenvalue weighted by atomic mass is 35.5. The van der Waals surface area contributed by atoms with E-state index >= 15 is 0 Å². The van der Waals surface area contributed by atoms with Crippen molar-refractivity contribution in [3.63, 3.8) is 0 Å². The molecule has 0 spiro atoms. The van der Waals surface area contributed by atoms with E-state index in [1.807, 2.05) is 30.3 Å². The summed E-state index contributed by atoms with van der Waals surface area (Å²) in [4.78, 5) is 13.8. The standard InChI is InChI=1S/C14H11Cl2NO/c1-17(11-5-3-2-4-6-11)14(18)12-9-10(15)7-8-13(12)16/h2-9H,1H3. The van der Waals surface area contributed by atoms with Crippen LogP contribution in [0.2, 0.25) is 10.0 Å². The van der Waals surface area contributed by atoms with Crippen LogP contribution in [0.25, 0.3) is 0 Å². The summed E-state index contributed by atoms with van der Waals surface area (Å²) in [7, 11) is 1.70. The van der Waals surface area contributed by atoms with Gasteiger partial charge < -0.3 is 4.90 Å². The number of hydrogen-bond acceptors (Lipinski definition) is 1. The topological polar surface area (TPSA) is 20.3 Å². The van der Waals surface area contributed by atoms with Crippen LogP contribution in [0.1, 0.15) is 10.4 Å². The molecule has 2 nitrogen and oxygen atoms in total. The Labute approximate surface area is 116 Å². The molecule has 0 fully saturated rings. The van der Waals surface area contributed by atoms with Crippen molar-refractivity contribution >= 4 is 34.8 Å². The Morgan fingerprint density at radius 3 is 2.39 bits per heavy atom. The molecule has 0 N–H and O–H groups in total. The van der Waals surface area contributed by atoms with Crippen LogP contribution >= 0.6 is 23.2 Å². The van der Waals surface area contributed by atoms with Gasteiger partial charge in [0.25, 0.3) is 5.91 Å². The van der Waals surface area contributed by atoms with Gasteiger partial charge >= 0.3 is 0 Å². The van der Waals surface area contributed by atoms with E-state index in [2.05, 4.69) is 0 Å². The molecule has 0 unspecified atom stereocenters. The molecule has 2 aromatic carbocycles. The first kappa shape index (κ1) is 12.9. The molecule has 2 aromatic rings. The maximum atomic E-state index is 12.3. The van der Waals surface area contributed by atoms with Crippen molar-refractivity contribution in [1.29, 1.82) is 0 Å². The van der Waals surface area contributed by atoms with E-state index in [9.17, 15) is 4.79 Å². The summed E-state index contributed by atoms with van der Waals surface area (Å²) in [6, 6.07) is 14.2. The largest absolute Gasteiger partial charge is 0.311 e. The van der Waals surface area contributed by atoms with Crippen LogP contribution < -0.4 is 4.90 Å². The van der Waals surface area contributed by atoms with Gasteiger partial charge in [-0.05, 0) is 30.3 Å². The average molecular weight is 280 g/mol. The van der Waals surface area contributed by atoms with Gasteiger partial charge in [-0.15, -0.1) is 0 Å². The molecule has 0 aliphatic heterocycles. The summed E-state index contributed by atoms with van der Waals surface area (Å²) in [6.45, 7) is 0. The van der Waals surface area contributed by atoms with Gasteiger partial charge in [-0.25, -0.2) is 0 Å². The second kappa shape index (κ2) is 5.42. The van der Waals surface area contributed by atoms with Gasteiger partial charge in [-0.1, -0.05) is 41.4 Å². The monoisotopic (exact) mass is 279 g/mol. The highest BCUT2D eigenvalue weighted by molar-refractivity contribution is 6.36. The van der Waals surface area contributed by atoms with Crippen LogP contribution in [0.3, 0.4) is 0 Å². The summed E-state index contributed by atoms with van der Waals surface area (Å²) in [6.07, 6.45) is 0. The van der Waals surface area contributed by atoms with Gasteiger partial charge in [-0.3, -0.25) is 4.79 Å². The first-order valence-corrected chi connectivity index (χ1v) is 6.13. The summed E-state index contributed by atoms with van der Waals surface area (Å²) < 4.78 is 0. The lowest BCUT2D eigenvalue weighted by atomic mass is 10.2. The van der Waals surface area contributed by atoms with Crippen LogP contribution in [-0.2, 0) is 0 Å². The highest BCUT2D eigenvalue weighted by Crippen LogP contribution is 2.23. The molecular weight excluding hydrogens is 269 g/mol. The van der Waals surface area contributed by atoms with Crippen LogP contribution in [-0.4, -0.2) is 13.0 Å². The lowest BCUT2D eigenvalue weighted by Crippen LogP contribution is -2.26. The van der Waals surface area contributed by atoms with E-state index in [1.54, 1.807) is 25.2 Å². The SMILES string of the molecule is CN(C(=O)c1cc(Cl)ccc1Cl)c1ccccc1. The van der Waals surface area contributed by atoms with E-state index < -0.39 is 0 Å². The minimum atomic E-state index is -0.186. The lowest BCUT2D eigenvalue weighted by Gasteiger charge is -2.18. The summed E-state index contributed by atoms with van der Waals surface area (Å²) in [5, 5.41) is 0.886. The Hall–Kier alpha value is -1.51. The quantitative estimate of drug-likeness (QED) is 0.804. The van der Waals surface area contributed by atoms with Gasteiger partial charge in [0.15, 0.2) is 0 Å². The molecule has 4 heteroatoms. The maximum absolute atomic E-state index is 12.3. The molecule has 0 saturated heterocycles. The number of anilines is 1. The van der Waals surface area contributed by atoms with Gasteiger partial charge in [0.2, 0.25) is 0 Å². The first-order valence-electron chi connectivity index (χ1n) is 5.38. The van der Waals surface area contributed by atoms with Gasteiger partial charge in [-0.2, -0.15) is 0 Å². The molecule has 0 bridgehead atoms. The summed E-state index contributed by atoms with van der Waals surface area (Å²) in [5.41, 5.74) is 1.20. The predicted octanol–water partition coefficient (Wildman–Crippen LogP) is 4.27. The number of nitrogens with zero attached hydrogens (tertiary/aromatic N) is 1. The Bertz CT molecular complexity index is 569. The van der Waals surface area contributed by atoms with E-state index in [1.165, 1.54) is 4.90 Å². The molecule has 0 saturated carbocycles. The second-order valence-corrected chi connectivity index (χ2v) is 4.67. The van der Waals surface area contributed by atoms with E-state index in [0.29, 0.717) is 15.6 Å². The second-order valence-electron chi connectivity index (χ2n) is 3.82. The number of hydrogen-bond donors (Lipinski definition) is 0. The van der Waals surface area contributed by atoms with Crippen LogP contribution in [0.15, 0.2) is 48.5 Å². The highest BCUT2D eigenvalue weighted by Gasteiger charge is 2.16. The van der Waals surface area contributed by atoms with E-state index in [4.69, 9.17) is 23.2 Å². The van der Waals surface area contributed by atoms with E-state index in [0.717, 1.165) is 5.69 Å². The Balaban J connectivity index is 2.34. The number of carbonyl (C=O) groups is 1. The molecule has 0 aliphatic carbocycles. The van der Waals surface area contributed by atoms with Crippen molar-refractivity contribution in [1.82, 2.24) is 0 Å². The average Bonchev–Trinajstić information content (AvgIpc) is 2.41. The van der Waals surface area contributed by atoms with Crippen LogP contribution in [0, 0.1) is 0 Å². The van der Waals surface area contributed by atoms with Crippen molar-refractivity contribution in [2.45, 2.75) is 0 Å². The molecule has 92 valence electrons. The summed E-state index contributed by atoms with van der Waals surface area (Å²) >= 11 is 11.9. The molecule has 0 aromatic heterocycles. The fourth-order valence-electron chi connectivity index (χ4n) is 1.61. The normalized spacial score (nSPS) is 10.2. The van der Waals surface area contributed by atoms with Gasteiger partial charge in [0.1, 0.15) is 0 Å². The van der Waals surface area contributed by atoms with Crippen molar-refractivity contribution in [3.05, 3.63) is 64.1 Å². The Kier molecular flexibility index (Phi) is 3.90. The molecule has 0 atom stereocenters. The van der Waals surface area contributed by atoms with Crippen molar-refractivity contribution in [2.24, 2.45) is 0 Å². The molecule has 0 heterocycles. The molecule has 0 radical (unpaired) electrons.